The summed E-state index contributed by atoms with van der Waals surface area (Å²) in [4.78, 5) is 5.71. The van der Waals surface area contributed by atoms with Crippen molar-refractivity contribution >= 4 is 17.4 Å². The number of aryl methyl sites for hydroxylation is 1. The Hall–Kier alpha value is -2.20. The van der Waals surface area contributed by atoms with Crippen LogP contribution in [0.25, 0.3) is 11.5 Å². The zero-order valence-electron chi connectivity index (χ0n) is 11.7. The van der Waals surface area contributed by atoms with Crippen molar-refractivity contribution in [2.24, 2.45) is 0 Å². The summed E-state index contributed by atoms with van der Waals surface area (Å²) in [6.07, 6.45) is 1.72. The number of hydrogen-bond acceptors (Lipinski definition) is 4. The fourth-order valence-electron chi connectivity index (χ4n) is 2.01. The molecule has 3 aromatic rings. The van der Waals surface area contributed by atoms with Crippen molar-refractivity contribution in [3.8, 4) is 11.5 Å². The highest BCUT2D eigenvalue weighted by molar-refractivity contribution is 7.98. The van der Waals surface area contributed by atoms with Crippen LogP contribution in [0.5, 0.6) is 0 Å². The zero-order valence-corrected chi connectivity index (χ0v) is 12.6. The SMILES string of the molecule is Cc1ccc(N)cc1SCc1coc(-c2ccccc2)n1. The van der Waals surface area contributed by atoms with Crippen molar-refractivity contribution in [3.63, 3.8) is 0 Å². The lowest BCUT2D eigenvalue weighted by atomic mass is 10.2. The van der Waals surface area contributed by atoms with Gasteiger partial charge in [0.05, 0.1) is 5.69 Å². The number of thioether (sulfide) groups is 1. The second kappa shape index (κ2) is 6.06. The van der Waals surface area contributed by atoms with Gasteiger partial charge in [0.1, 0.15) is 6.26 Å². The van der Waals surface area contributed by atoms with E-state index >= 15 is 0 Å². The largest absolute Gasteiger partial charge is 0.444 e. The molecule has 106 valence electrons. The van der Waals surface area contributed by atoms with E-state index in [1.165, 1.54) is 10.5 Å². The van der Waals surface area contributed by atoms with E-state index in [0.717, 1.165) is 22.7 Å². The van der Waals surface area contributed by atoms with Gasteiger partial charge in [-0.25, -0.2) is 4.98 Å². The Balaban J connectivity index is 1.72. The summed E-state index contributed by atoms with van der Waals surface area (Å²) in [6.45, 7) is 2.08. The van der Waals surface area contributed by atoms with E-state index < -0.39 is 0 Å². The van der Waals surface area contributed by atoms with E-state index in [1.807, 2.05) is 48.5 Å². The summed E-state index contributed by atoms with van der Waals surface area (Å²) in [5.41, 5.74) is 9.76. The van der Waals surface area contributed by atoms with Gasteiger partial charge in [0.25, 0.3) is 0 Å². The second-order valence-electron chi connectivity index (χ2n) is 4.82. The summed E-state index contributed by atoms with van der Waals surface area (Å²) in [7, 11) is 0. The average molecular weight is 296 g/mol. The summed E-state index contributed by atoms with van der Waals surface area (Å²) in [5.74, 6) is 1.43. The van der Waals surface area contributed by atoms with Crippen LogP contribution in [0.15, 0.2) is 64.1 Å². The summed E-state index contributed by atoms with van der Waals surface area (Å²) < 4.78 is 5.54. The van der Waals surface area contributed by atoms with Gasteiger partial charge in [-0.05, 0) is 36.8 Å². The van der Waals surface area contributed by atoms with Crippen LogP contribution in [-0.2, 0) is 5.75 Å². The number of oxazole rings is 1. The van der Waals surface area contributed by atoms with Gasteiger partial charge in [-0.1, -0.05) is 24.3 Å². The Morgan fingerprint density at radius 2 is 1.95 bits per heavy atom. The number of anilines is 1. The number of rotatable bonds is 4. The molecular weight excluding hydrogens is 280 g/mol. The molecule has 0 aliphatic rings. The smallest absolute Gasteiger partial charge is 0.226 e. The Morgan fingerprint density at radius 1 is 1.14 bits per heavy atom. The fraction of sp³-hybridized carbons (Fsp3) is 0.118. The number of nitrogens with two attached hydrogens (primary N) is 1. The van der Waals surface area contributed by atoms with E-state index in [2.05, 4.69) is 11.9 Å². The molecule has 0 saturated carbocycles. The molecule has 0 bridgehead atoms. The third kappa shape index (κ3) is 3.28. The van der Waals surface area contributed by atoms with E-state index in [0.29, 0.717) is 5.89 Å². The molecule has 0 radical (unpaired) electrons. The lowest BCUT2D eigenvalue weighted by Crippen LogP contribution is -1.88. The van der Waals surface area contributed by atoms with Crippen LogP contribution in [0, 0.1) is 6.92 Å². The van der Waals surface area contributed by atoms with Crippen molar-refractivity contribution in [1.29, 1.82) is 0 Å². The van der Waals surface area contributed by atoms with Crippen molar-refractivity contribution in [2.45, 2.75) is 17.6 Å². The van der Waals surface area contributed by atoms with Gasteiger partial charge in [0.2, 0.25) is 5.89 Å². The first-order chi connectivity index (χ1) is 10.2. The molecule has 4 heteroatoms. The van der Waals surface area contributed by atoms with Crippen LogP contribution in [0.3, 0.4) is 0 Å². The lowest BCUT2D eigenvalue weighted by molar-refractivity contribution is 0.573. The Bertz CT molecular complexity index is 738. The van der Waals surface area contributed by atoms with E-state index in [9.17, 15) is 0 Å². The number of nitrogen functional groups attached to an aromatic ring is 1. The van der Waals surface area contributed by atoms with Crippen LogP contribution in [0.2, 0.25) is 0 Å². The minimum absolute atomic E-state index is 0.662. The second-order valence-corrected chi connectivity index (χ2v) is 5.84. The van der Waals surface area contributed by atoms with E-state index in [-0.39, 0.29) is 0 Å². The molecule has 1 aromatic heterocycles. The minimum atomic E-state index is 0.662. The Labute approximate surface area is 128 Å². The van der Waals surface area contributed by atoms with Crippen LogP contribution in [0.4, 0.5) is 5.69 Å². The maximum Gasteiger partial charge on any atom is 0.226 e. The number of benzene rings is 2. The quantitative estimate of drug-likeness (QED) is 0.568. The predicted octanol–water partition coefficient (Wildman–Crippen LogP) is 4.52. The van der Waals surface area contributed by atoms with Gasteiger partial charge in [0, 0.05) is 21.9 Å². The normalized spacial score (nSPS) is 10.7. The first-order valence-electron chi connectivity index (χ1n) is 6.71. The van der Waals surface area contributed by atoms with E-state index in [1.54, 1.807) is 18.0 Å². The van der Waals surface area contributed by atoms with Crippen molar-refractivity contribution in [3.05, 3.63) is 66.1 Å². The molecule has 3 nitrogen and oxygen atoms in total. The summed E-state index contributed by atoms with van der Waals surface area (Å²) in [5, 5.41) is 0. The van der Waals surface area contributed by atoms with Gasteiger partial charge in [-0.3, -0.25) is 0 Å². The molecule has 0 aliphatic carbocycles. The minimum Gasteiger partial charge on any atom is -0.444 e. The third-order valence-corrected chi connectivity index (χ3v) is 4.35. The van der Waals surface area contributed by atoms with Crippen LogP contribution >= 0.6 is 11.8 Å². The zero-order chi connectivity index (χ0) is 14.7. The summed E-state index contributed by atoms with van der Waals surface area (Å²) >= 11 is 1.72. The molecule has 0 atom stereocenters. The first-order valence-corrected chi connectivity index (χ1v) is 7.70. The molecule has 1 heterocycles. The molecule has 0 saturated heterocycles. The predicted molar refractivity (Wildman–Crippen MR) is 87.1 cm³/mol. The lowest BCUT2D eigenvalue weighted by Gasteiger charge is -2.05. The number of nitrogens with zero attached hydrogens (tertiary/aromatic N) is 1. The maximum atomic E-state index is 5.83. The molecule has 0 aliphatic heterocycles. The Morgan fingerprint density at radius 3 is 2.76 bits per heavy atom. The first kappa shape index (κ1) is 13.8. The third-order valence-electron chi connectivity index (χ3n) is 3.16. The van der Waals surface area contributed by atoms with Crippen LogP contribution in [0.1, 0.15) is 11.3 Å². The topological polar surface area (TPSA) is 52.0 Å². The van der Waals surface area contributed by atoms with Gasteiger partial charge in [-0.15, -0.1) is 11.8 Å². The molecule has 0 unspecified atom stereocenters. The van der Waals surface area contributed by atoms with Crippen LogP contribution in [-0.4, -0.2) is 4.98 Å². The summed E-state index contributed by atoms with van der Waals surface area (Å²) in [6, 6.07) is 15.9. The average Bonchev–Trinajstić information content (AvgIpc) is 2.98. The molecule has 0 amide bonds. The van der Waals surface area contributed by atoms with Gasteiger partial charge >= 0.3 is 0 Å². The van der Waals surface area contributed by atoms with Crippen molar-refractivity contribution in [1.82, 2.24) is 4.98 Å². The van der Waals surface area contributed by atoms with Crippen molar-refractivity contribution in [2.75, 3.05) is 5.73 Å². The number of aromatic nitrogens is 1. The fourth-order valence-corrected chi connectivity index (χ4v) is 2.96. The Kier molecular flexibility index (Phi) is 3.97. The van der Waals surface area contributed by atoms with Gasteiger partial charge in [0.15, 0.2) is 0 Å². The van der Waals surface area contributed by atoms with Gasteiger partial charge < -0.3 is 10.2 Å². The van der Waals surface area contributed by atoms with Gasteiger partial charge in [-0.2, -0.15) is 0 Å². The standard InChI is InChI=1S/C17H16N2OS/c1-12-7-8-14(18)9-16(12)21-11-15-10-20-17(19-15)13-5-3-2-4-6-13/h2-10H,11,18H2,1H3. The molecule has 2 N–H and O–H groups in total. The molecule has 3 rings (SSSR count). The highest BCUT2D eigenvalue weighted by Crippen LogP contribution is 2.28. The molecule has 0 fully saturated rings. The van der Waals surface area contributed by atoms with E-state index in [4.69, 9.17) is 10.2 Å². The number of hydrogen-bond donors (Lipinski definition) is 1. The monoisotopic (exact) mass is 296 g/mol. The highest BCUT2D eigenvalue weighted by atomic mass is 32.2. The highest BCUT2D eigenvalue weighted by Gasteiger charge is 2.07. The van der Waals surface area contributed by atoms with Crippen molar-refractivity contribution < 1.29 is 4.42 Å². The maximum absolute atomic E-state index is 5.83. The molecule has 2 aromatic carbocycles. The molecule has 0 spiro atoms. The van der Waals surface area contributed by atoms with Crippen LogP contribution < -0.4 is 5.73 Å². The molecule has 21 heavy (non-hydrogen) atoms. The molecular formula is C17H16N2OS.